The van der Waals surface area contributed by atoms with Crippen molar-refractivity contribution in [2.75, 3.05) is 7.05 Å². The Hall–Kier alpha value is -1.36. The molecule has 0 saturated carbocycles. The second-order valence-electron chi connectivity index (χ2n) is 4.26. The number of benzene rings is 1. The van der Waals surface area contributed by atoms with Gasteiger partial charge in [0.2, 0.25) is 0 Å². The fraction of sp³-hybridized carbons (Fsp3) is 0.214. The van der Waals surface area contributed by atoms with E-state index in [0.29, 0.717) is 6.42 Å². The van der Waals surface area contributed by atoms with Gasteiger partial charge >= 0.3 is 0 Å². The minimum Gasteiger partial charge on any atom is -0.441 e. The van der Waals surface area contributed by atoms with E-state index in [-0.39, 0.29) is 6.04 Å². The van der Waals surface area contributed by atoms with Crippen LogP contribution in [0.15, 0.2) is 40.8 Å². The zero-order chi connectivity index (χ0) is 13.2. The van der Waals surface area contributed by atoms with E-state index in [4.69, 9.17) is 16.0 Å². The molecule has 1 unspecified atom stereocenters. The average molecular weight is 293 g/mol. The number of thiophene rings is 1. The van der Waals surface area contributed by atoms with Crippen molar-refractivity contribution < 1.29 is 4.42 Å². The number of oxazole rings is 1. The van der Waals surface area contributed by atoms with Gasteiger partial charge < -0.3 is 9.73 Å². The lowest BCUT2D eigenvalue weighted by molar-refractivity contribution is 0.477. The quantitative estimate of drug-likeness (QED) is 0.788. The fourth-order valence-corrected chi connectivity index (χ4v) is 3.21. The molecule has 0 spiro atoms. The zero-order valence-corrected chi connectivity index (χ0v) is 12.0. The fourth-order valence-electron chi connectivity index (χ4n) is 2.04. The van der Waals surface area contributed by atoms with Crippen LogP contribution in [0.3, 0.4) is 0 Å². The number of rotatable bonds is 4. The van der Waals surface area contributed by atoms with Gasteiger partial charge in [0.15, 0.2) is 11.5 Å². The summed E-state index contributed by atoms with van der Waals surface area (Å²) in [6, 6.07) is 11.9. The summed E-state index contributed by atoms with van der Waals surface area (Å²) in [5.41, 5.74) is 1.73. The summed E-state index contributed by atoms with van der Waals surface area (Å²) in [6.07, 6.45) is 0.710. The number of para-hydroxylation sites is 2. The number of nitrogens with one attached hydrogen (secondary N) is 1. The van der Waals surface area contributed by atoms with Crippen molar-refractivity contribution in [3.8, 4) is 0 Å². The van der Waals surface area contributed by atoms with Crippen LogP contribution in [0.1, 0.15) is 16.8 Å². The largest absolute Gasteiger partial charge is 0.441 e. The summed E-state index contributed by atoms with van der Waals surface area (Å²) < 4.78 is 6.55. The topological polar surface area (TPSA) is 38.1 Å². The molecule has 1 N–H and O–H groups in total. The van der Waals surface area contributed by atoms with Crippen LogP contribution in [0.2, 0.25) is 4.34 Å². The summed E-state index contributed by atoms with van der Waals surface area (Å²) >= 11 is 7.56. The molecule has 2 aromatic heterocycles. The molecule has 5 heteroatoms. The summed E-state index contributed by atoms with van der Waals surface area (Å²) in [5.74, 6) is 0.741. The van der Waals surface area contributed by atoms with E-state index in [1.165, 1.54) is 4.88 Å². The van der Waals surface area contributed by atoms with Crippen LogP contribution in [0.4, 0.5) is 0 Å². The number of halogens is 1. The first-order valence-corrected chi connectivity index (χ1v) is 7.22. The molecule has 3 nitrogen and oxygen atoms in total. The van der Waals surface area contributed by atoms with Gasteiger partial charge in [0, 0.05) is 11.3 Å². The molecule has 0 aliphatic carbocycles. The van der Waals surface area contributed by atoms with Crippen molar-refractivity contribution in [3.63, 3.8) is 0 Å². The van der Waals surface area contributed by atoms with Crippen molar-refractivity contribution in [1.82, 2.24) is 10.3 Å². The Balaban J connectivity index is 1.86. The lowest BCUT2D eigenvalue weighted by Gasteiger charge is -2.11. The molecule has 0 saturated heterocycles. The molecule has 1 aromatic carbocycles. The number of hydrogen-bond acceptors (Lipinski definition) is 4. The van der Waals surface area contributed by atoms with Crippen LogP contribution in [-0.4, -0.2) is 12.0 Å². The second kappa shape index (κ2) is 5.33. The van der Waals surface area contributed by atoms with E-state index in [1.807, 2.05) is 43.4 Å². The maximum absolute atomic E-state index is 5.98. The van der Waals surface area contributed by atoms with E-state index in [2.05, 4.69) is 10.3 Å². The molecule has 0 aliphatic heterocycles. The van der Waals surface area contributed by atoms with Crippen molar-refractivity contribution >= 4 is 34.0 Å². The first-order chi connectivity index (χ1) is 9.26. The van der Waals surface area contributed by atoms with Crippen LogP contribution < -0.4 is 5.32 Å². The molecule has 3 aromatic rings. The van der Waals surface area contributed by atoms with Gasteiger partial charge in [0.1, 0.15) is 5.52 Å². The third kappa shape index (κ3) is 2.66. The molecule has 98 valence electrons. The molecular weight excluding hydrogens is 280 g/mol. The molecule has 0 fully saturated rings. The van der Waals surface area contributed by atoms with Crippen LogP contribution in [0, 0.1) is 0 Å². The molecule has 0 amide bonds. The van der Waals surface area contributed by atoms with E-state index < -0.39 is 0 Å². The molecule has 1 atom stereocenters. The van der Waals surface area contributed by atoms with Gasteiger partial charge in [-0.2, -0.15) is 0 Å². The van der Waals surface area contributed by atoms with Gasteiger partial charge in [-0.25, -0.2) is 4.98 Å². The molecule has 19 heavy (non-hydrogen) atoms. The Bertz CT molecular complexity index is 658. The Morgan fingerprint density at radius 3 is 2.84 bits per heavy atom. The predicted octanol–water partition coefficient (Wildman–Crippen LogP) is 4.05. The first-order valence-electron chi connectivity index (χ1n) is 6.03. The number of fused-ring (bicyclic) bond motifs is 1. The third-order valence-corrected chi connectivity index (χ3v) is 4.35. The smallest absolute Gasteiger partial charge is 0.197 e. The molecule has 0 bridgehead atoms. The van der Waals surface area contributed by atoms with E-state index in [0.717, 1.165) is 21.3 Å². The Morgan fingerprint density at radius 1 is 1.32 bits per heavy atom. The van der Waals surface area contributed by atoms with E-state index in [1.54, 1.807) is 11.3 Å². The summed E-state index contributed by atoms with van der Waals surface area (Å²) in [4.78, 5) is 5.69. The Kier molecular flexibility index (Phi) is 3.55. The van der Waals surface area contributed by atoms with E-state index in [9.17, 15) is 0 Å². The lowest BCUT2D eigenvalue weighted by atomic mass is 10.2. The first kappa shape index (κ1) is 12.7. The Labute approximate surface area is 120 Å². The second-order valence-corrected chi connectivity index (χ2v) is 6.01. The highest BCUT2D eigenvalue weighted by Gasteiger charge is 2.16. The minimum atomic E-state index is 0.172. The van der Waals surface area contributed by atoms with Crippen molar-refractivity contribution in [2.45, 2.75) is 12.5 Å². The zero-order valence-electron chi connectivity index (χ0n) is 10.4. The van der Waals surface area contributed by atoms with Crippen molar-refractivity contribution in [2.24, 2.45) is 0 Å². The van der Waals surface area contributed by atoms with Crippen LogP contribution in [0.5, 0.6) is 0 Å². The average Bonchev–Trinajstić information content (AvgIpc) is 3.01. The standard InChI is InChI=1S/C14H13ClN2OS/c1-16-10(12-6-7-13(15)19-12)8-14-17-9-4-2-3-5-11(9)18-14/h2-7,10,16H,8H2,1H3. The normalized spacial score (nSPS) is 12.9. The van der Waals surface area contributed by atoms with Gasteiger partial charge in [-0.3, -0.25) is 0 Å². The maximum atomic E-state index is 5.98. The molecular formula is C14H13ClN2OS. The molecule has 2 heterocycles. The SMILES string of the molecule is CNC(Cc1nc2ccccc2o1)c1ccc(Cl)s1. The van der Waals surface area contributed by atoms with Gasteiger partial charge in [-0.1, -0.05) is 23.7 Å². The number of likely N-dealkylation sites (N-methyl/N-ethyl adjacent to an activating group) is 1. The highest BCUT2D eigenvalue weighted by atomic mass is 35.5. The van der Waals surface area contributed by atoms with Gasteiger partial charge in [-0.15, -0.1) is 11.3 Å². The molecule has 3 rings (SSSR count). The highest BCUT2D eigenvalue weighted by molar-refractivity contribution is 7.16. The molecule has 0 radical (unpaired) electrons. The molecule has 0 aliphatic rings. The van der Waals surface area contributed by atoms with Crippen LogP contribution in [-0.2, 0) is 6.42 Å². The van der Waals surface area contributed by atoms with Gasteiger partial charge in [0.05, 0.1) is 10.4 Å². The van der Waals surface area contributed by atoms with Crippen LogP contribution in [0.25, 0.3) is 11.1 Å². The predicted molar refractivity (Wildman–Crippen MR) is 78.8 cm³/mol. The van der Waals surface area contributed by atoms with Gasteiger partial charge in [-0.05, 0) is 31.3 Å². The van der Waals surface area contributed by atoms with Gasteiger partial charge in [0.25, 0.3) is 0 Å². The monoisotopic (exact) mass is 292 g/mol. The van der Waals surface area contributed by atoms with E-state index >= 15 is 0 Å². The maximum Gasteiger partial charge on any atom is 0.197 e. The highest BCUT2D eigenvalue weighted by Crippen LogP contribution is 2.29. The Morgan fingerprint density at radius 2 is 2.16 bits per heavy atom. The summed E-state index contributed by atoms with van der Waals surface area (Å²) in [6.45, 7) is 0. The lowest BCUT2D eigenvalue weighted by Crippen LogP contribution is -2.17. The number of aromatic nitrogens is 1. The van der Waals surface area contributed by atoms with Crippen LogP contribution >= 0.6 is 22.9 Å². The summed E-state index contributed by atoms with van der Waals surface area (Å²) in [5, 5.41) is 3.28. The minimum absolute atomic E-state index is 0.172. The third-order valence-electron chi connectivity index (χ3n) is 3.00. The van der Waals surface area contributed by atoms with Crippen molar-refractivity contribution in [3.05, 3.63) is 51.5 Å². The van der Waals surface area contributed by atoms with Crippen molar-refractivity contribution in [1.29, 1.82) is 0 Å². The number of nitrogens with zero attached hydrogens (tertiary/aromatic N) is 1. The summed E-state index contributed by atoms with van der Waals surface area (Å²) in [7, 11) is 1.93. The number of hydrogen-bond donors (Lipinski definition) is 1.